The van der Waals surface area contributed by atoms with Gasteiger partial charge in [0.2, 0.25) is 0 Å². The lowest BCUT2D eigenvalue weighted by Gasteiger charge is -2.31. The van der Waals surface area contributed by atoms with Crippen LogP contribution in [0.4, 0.5) is 17.1 Å². The third-order valence-corrected chi connectivity index (χ3v) is 12.9. The minimum atomic E-state index is 1.02. The van der Waals surface area contributed by atoms with Crippen molar-refractivity contribution in [2.75, 3.05) is 4.90 Å². The van der Waals surface area contributed by atoms with E-state index in [1.807, 2.05) is 18.2 Å². The summed E-state index contributed by atoms with van der Waals surface area (Å²) in [6.07, 6.45) is 5.80. The maximum Gasteiger partial charge on any atom is 0.0968 e. The molecule has 4 heteroatoms. The summed E-state index contributed by atoms with van der Waals surface area (Å²) in [6, 6.07) is 72.7. The third kappa shape index (κ3) is 5.56. The van der Waals surface area contributed by atoms with E-state index < -0.39 is 0 Å². The maximum atomic E-state index is 4.18. The molecule has 9 aromatic carbocycles. The first-order chi connectivity index (χ1) is 31.6. The number of para-hydroxylation sites is 5. The Labute approximate surface area is 371 Å². The molecule has 0 saturated carbocycles. The van der Waals surface area contributed by atoms with Gasteiger partial charge in [0.25, 0.3) is 0 Å². The van der Waals surface area contributed by atoms with Gasteiger partial charge >= 0.3 is 0 Å². The van der Waals surface area contributed by atoms with Crippen molar-refractivity contribution in [2.24, 2.45) is 0 Å². The number of hydrogen-bond donors (Lipinski definition) is 0. The number of nitrogens with zero attached hydrogens (tertiary/aromatic N) is 4. The molecule has 0 N–H and O–H groups in total. The van der Waals surface area contributed by atoms with E-state index in [9.17, 15) is 0 Å². The summed E-state index contributed by atoms with van der Waals surface area (Å²) in [6.45, 7) is 12.5. The molecule has 64 heavy (non-hydrogen) atoms. The van der Waals surface area contributed by atoms with Crippen molar-refractivity contribution in [3.63, 3.8) is 0 Å². The smallest absolute Gasteiger partial charge is 0.0968 e. The number of hydrogen-bond acceptors (Lipinski definition) is 1. The largest absolute Gasteiger partial charge is 0.308 e. The van der Waals surface area contributed by atoms with E-state index in [0.29, 0.717) is 0 Å². The van der Waals surface area contributed by atoms with Gasteiger partial charge in [0.1, 0.15) is 0 Å². The Kier molecular flexibility index (Phi) is 8.60. The van der Waals surface area contributed by atoms with Crippen molar-refractivity contribution in [3.05, 3.63) is 237 Å². The van der Waals surface area contributed by atoms with Gasteiger partial charge in [-0.05, 0) is 108 Å². The molecule has 0 saturated heterocycles. The van der Waals surface area contributed by atoms with E-state index in [-0.39, 0.29) is 0 Å². The van der Waals surface area contributed by atoms with Crippen LogP contribution in [0.2, 0.25) is 0 Å². The SMILES string of the molecule is C=Cc1ccc2c(c1)c1ccccc1n2-c1ccc(N(c2ccccc2)c2ccccc2)c(-n2c3ccccc3c3cc(C=C)ccc32)c1-n1c2ccccc2c2cc(C=C)ccc21. The Morgan fingerprint density at radius 3 is 1.11 bits per heavy atom. The first-order valence-corrected chi connectivity index (χ1v) is 21.7. The zero-order valence-electron chi connectivity index (χ0n) is 35.2. The molecule has 0 spiro atoms. The predicted molar refractivity (Wildman–Crippen MR) is 274 cm³/mol. The average molecular weight is 819 g/mol. The van der Waals surface area contributed by atoms with Crippen LogP contribution in [0.1, 0.15) is 16.7 Å². The van der Waals surface area contributed by atoms with Crippen molar-refractivity contribution in [3.8, 4) is 17.1 Å². The van der Waals surface area contributed by atoms with Gasteiger partial charge in [0, 0.05) is 43.7 Å². The lowest BCUT2D eigenvalue weighted by molar-refractivity contribution is 1.04. The normalized spacial score (nSPS) is 11.6. The van der Waals surface area contributed by atoms with Crippen molar-refractivity contribution in [1.82, 2.24) is 13.7 Å². The van der Waals surface area contributed by atoms with Crippen LogP contribution in [-0.2, 0) is 0 Å². The predicted octanol–water partition coefficient (Wildman–Crippen LogP) is 16.4. The quantitative estimate of drug-likeness (QED) is 0.142. The topological polar surface area (TPSA) is 18.0 Å². The second-order valence-electron chi connectivity index (χ2n) is 16.3. The summed E-state index contributed by atoms with van der Waals surface area (Å²) in [4.78, 5) is 2.41. The second kappa shape index (κ2) is 14.8. The molecule has 0 fully saturated rings. The Morgan fingerprint density at radius 1 is 0.312 bits per heavy atom. The number of aromatic nitrogens is 3. The standard InChI is InChI=1S/C60H42N4/c1-4-40-29-32-54-48(37-40)45-23-13-16-26-51(45)62(54)58-36-35-57(61(43-19-9-7-10-20-43)44-21-11-8-12-22-44)59(63-52-27-17-14-24-46(52)49-38-41(5-2)30-33-55(49)63)60(58)64-53-28-18-15-25-47(53)50-39-42(6-3)31-34-56(50)64/h4-39H,1-3H2. The van der Waals surface area contributed by atoms with E-state index in [0.717, 1.165) is 94.7 Å². The number of benzene rings is 9. The molecular formula is C60H42N4. The molecule has 0 atom stereocenters. The Hall–Kier alpha value is -8.60. The van der Waals surface area contributed by atoms with Gasteiger partial charge in [-0.2, -0.15) is 0 Å². The zero-order valence-corrected chi connectivity index (χ0v) is 35.2. The highest BCUT2D eigenvalue weighted by Gasteiger charge is 2.30. The van der Waals surface area contributed by atoms with Gasteiger partial charge in [0.05, 0.1) is 55.8 Å². The molecule has 12 rings (SSSR count). The number of rotatable bonds is 9. The molecule has 0 aliphatic carbocycles. The van der Waals surface area contributed by atoms with Gasteiger partial charge in [-0.1, -0.05) is 147 Å². The molecule has 302 valence electrons. The Balaban J connectivity index is 1.37. The molecule has 0 aliphatic rings. The molecule has 3 aromatic heterocycles. The van der Waals surface area contributed by atoms with Gasteiger partial charge in [-0.3, -0.25) is 0 Å². The fourth-order valence-electron chi connectivity index (χ4n) is 10.0. The van der Waals surface area contributed by atoms with Crippen LogP contribution in [0.3, 0.4) is 0 Å². The summed E-state index contributed by atoms with van der Waals surface area (Å²) < 4.78 is 7.49. The lowest BCUT2D eigenvalue weighted by atomic mass is 10.1. The summed E-state index contributed by atoms with van der Waals surface area (Å²) in [5.41, 5.74) is 16.1. The zero-order chi connectivity index (χ0) is 42.9. The highest BCUT2D eigenvalue weighted by Crippen LogP contribution is 2.49. The molecule has 3 heterocycles. The van der Waals surface area contributed by atoms with Gasteiger partial charge in [-0.15, -0.1) is 0 Å². The van der Waals surface area contributed by atoms with E-state index in [1.54, 1.807) is 0 Å². The number of anilines is 3. The summed E-state index contributed by atoms with van der Waals surface area (Å²) in [5.74, 6) is 0. The third-order valence-electron chi connectivity index (χ3n) is 12.9. The van der Waals surface area contributed by atoms with E-state index in [1.165, 1.54) is 21.5 Å². The van der Waals surface area contributed by atoms with Crippen molar-refractivity contribution >= 4 is 101 Å². The van der Waals surface area contributed by atoms with E-state index in [4.69, 9.17) is 0 Å². The van der Waals surface area contributed by atoms with Gasteiger partial charge in [0.15, 0.2) is 0 Å². The van der Waals surface area contributed by atoms with Crippen LogP contribution < -0.4 is 4.90 Å². The average Bonchev–Trinajstić information content (AvgIpc) is 3.99. The van der Waals surface area contributed by atoms with E-state index >= 15 is 0 Å². The van der Waals surface area contributed by atoms with Crippen LogP contribution in [0.5, 0.6) is 0 Å². The molecule has 0 unspecified atom stereocenters. The molecule has 0 aliphatic heterocycles. The fourth-order valence-corrected chi connectivity index (χ4v) is 10.0. The van der Waals surface area contributed by atoms with Crippen LogP contribution in [0.25, 0.3) is 101 Å². The highest BCUT2D eigenvalue weighted by atomic mass is 15.2. The minimum absolute atomic E-state index is 1.02. The number of fused-ring (bicyclic) bond motifs is 9. The fraction of sp³-hybridized carbons (Fsp3) is 0. The second-order valence-corrected chi connectivity index (χ2v) is 16.3. The van der Waals surface area contributed by atoms with Gasteiger partial charge in [-0.25, -0.2) is 0 Å². The monoisotopic (exact) mass is 818 g/mol. The Bertz CT molecular complexity index is 3800. The summed E-state index contributed by atoms with van der Waals surface area (Å²) in [7, 11) is 0. The van der Waals surface area contributed by atoms with Crippen LogP contribution in [-0.4, -0.2) is 13.7 Å². The van der Waals surface area contributed by atoms with Crippen LogP contribution in [0, 0.1) is 0 Å². The first kappa shape index (κ1) is 37.2. The molecule has 12 aromatic rings. The van der Waals surface area contributed by atoms with Crippen LogP contribution >= 0.6 is 0 Å². The van der Waals surface area contributed by atoms with Crippen molar-refractivity contribution in [2.45, 2.75) is 0 Å². The minimum Gasteiger partial charge on any atom is -0.308 e. The molecule has 0 bridgehead atoms. The molecule has 0 radical (unpaired) electrons. The van der Waals surface area contributed by atoms with Crippen molar-refractivity contribution in [1.29, 1.82) is 0 Å². The summed E-state index contributed by atoms with van der Waals surface area (Å²) in [5, 5.41) is 7.01. The molecule has 4 nitrogen and oxygen atoms in total. The van der Waals surface area contributed by atoms with Crippen molar-refractivity contribution < 1.29 is 0 Å². The van der Waals surface area contributed by atoms with Crippen LogP contribution in [0.15, 0.2) is 220 Å². The molecule has 0 amide bonds. The lowest BCUT2D eigenvalue weighted by Crippen LogP contribution is -2.17. The first-order valence-electron chi connectivity index (χ1n) is 21.7. The van der Waals surface area contributed by atoms with Gasteiger partial charge < -0.3 is 18.6 Å². The highest BCUT2D eigenvalue weighted by molar-refractivity contribution is 6.15. The molecular weight excluding hydrogens is 777 g/mol. The van der Waals surface area contributed by atoms with E-state index in [2.05, 4.69) is 239 Å². The maximum absolute atomic E-state index is 4.18. The summed E-state index contributed by atoms with van der Waals surface area (Å²) >= 11 is 0. The Morgan fingerprint density at radius 2 is 0.672 bits per heavy atom.